The highest BCUT2D eigenvalue weighted by Crippen LogP contribution is 2.32. The average molecular weight is 329 g/mol. The molecule has 9 heteroatoms. The van der Waals surface area contributed by atoms with Crippen LogP contribution < -0.4 is 10.1 Å². The Labute approximate surface area is 123 Å². The van der Waals surface area contributed by atoms with Gasteiger partial charge in [0.15, 0.2) is 5.41 Å². The van der Waals surface area contributed by atoms with E-state index in [9.17, 15) is 17.6 Å². The zero-order chi connectivity index (χ0) is 16.0. The molecule has 0 saturated carbocycles. The number of rotatable bonds is 3. The quantitative estimate of drug-likeness (QED) is 0.666. The van der Waals surface area contributed by atoms with Crippen LogP contribution in [0.4, 0.5) is 10.1 Å². The van der Waals surface area contributed by atoms with Crippen LogP contribution >= 0.6 is 9.24 Å². The molecule has 0 saturated heterocycles. The van der Waals surface area contributed by atoms with Crippen molar-refractivity contribution in [3.05, 3.63) is 36.4 Å². The summed E-state index contributed by atoms with van der Waals surface area (Å²) in [6.45, 7) is 4.76. The van der Waals surface area contributed by atoms with Gasteiger partial charge in [-0.1, -0.05) is 15.8 Å². The van der Waals surface area contributed by atoms with Crippen molar-refractivity contribution in [2.24, 2.45) is 10.2 Å². The Morgan fingerprint density at radius 3 is 2.29 bits per heavy atom. The van der Waals surface area contributed by atoms with E-state index in [2.05, 4.69) is 11.7 Å². The molecule has 21 heavy (non-hydrogen) atoms. The molecule has 2 rings (SSSR count). The molecule has 0 radical (unpaired) electrons. The number of hydrogen-bond acceptors (Lipinski definition) is 4. The van der Waals surface area contributed by atoms with Gasteiger partial charge >= 0.3 is 0 Å². The van der Waals surface area contributed by atoms with Crippen molar-refractivity contribution in [2.45, 2.75) is 17.2 Å². The predicted molar refractivity (Wildman–Crippen MR) is 81.1 cm³/mol. The highest BCUT2D eigenvalue weighted by Gasteiger charge is 2.38. The fourth-order valence-corrected chi connectivity index (χ4v) is 2.53. The Bertz CT molecular complexity index is 751. The summed E-state index contributed by atoms with van der Waals surface area (Å²) >= 11 is 0. The maximum atomic E-state index is 13.9. The monoisotopic (exact) mass is 329 g/mol. The third-order valence-electron chi connectivity index (χ3n) is 2.81. The number of primary sulfonamides is 1. The van der Waals surface area contributed by atoms with Crippen LogP contribution in [0.15, 0.2) is 46.4 Å². The van der Waals surface area contributed by atoms with Crippen LogP contribution in [0.5, 0.6) is 0 Å². The van der Waals surface area contributed by atoms with E-state index in [1.54, 1.807) is 0 Å². The third-order valence-corrected chi connectivity index (χ3v) is 4.01. The Balaban J connectivity index is 2.41. The lowest BCUT2D eigenvalue weighted by Crippen LogP contribution is -2.24. The summed E-state index contributed by atoms with van der Waals surface area (Å²) in [6, 6.07) is 5.19. The maximum absolute atomic E-state index is 13.9. The number of anilines is 1. The van der Waals surface area contributed by atoms with Gasteiger partial charge in [-0.3, -0.25) is 4.79 Å². The normalized spacial score (nSPS) is 18.7. The summed E-state index contributed by atoms with van der Waals surface area (Å²) in [5, 5.41) is 7.97. The second-order valence-electron chi connectivity index (χ2n) is 4.66. The maximum Gasteiger partial charge on any atom is 0.280 e. The van der Waals surface area contributed by atoms with E-state index in [-0.39, 0.29) is 21.9 Å². The minimum atomic E-state index is -3.82. The summed E-state index contributed by atoms with van der Waals surface area (Å²) < 4.78 is 36.3. The molecule has 0 aliphatic carbocycles. The molecule has 1 aliphatic heterocycles. The summed E-state index contributed by atoms with van der Waals surface area (Å²) in [7, 11) is -1.88. The van der Waals surface area contributed by atoms with Crippen LogP contribution in [0.2, 0.25) is 0 Å². The SMILES string of the molecule is C=C1C(=O)N(c2ccc(S(N)(=O)=O)cc2)N=C1C(C)(F)P. The molecule has 2 unspecified atom stereocenters. The Morgan fingerprint density at radius 1 is 1.38 bits per heavy atom. The Morgan fingerprint density at radius 2 is 1.90 bits per heavy atom. The van der Waals surface area contributed by atoms with Gasteiger partial charge in [0.05, 0.1) is 16.2 Å². The van der Waals surface area contributed by atoms with Gasteiger partial charge in [0.2, 0.25) is 10.0 Å². The first-order valence-corrected chi connectivity index (χ1v) is 7.87. The number of alkyl halides is 1. The topological polar surface area (TPSA) is 92.8 Å². The smallest absolute Gasteiger partial charge is 0.267 e. The van der Waals surface area contributed by atoms with Crippen molar-refractivity contribution in [1.29, 1.82) is 0 Å². The molecule has 2 N–H and O–H groups in total. The van der Waals surface area contributed by atoms with E-state index < -0.39 is 21.3 Å². The van der Waals surface area contributed by atoms with Crippen molar-refractivity contribution in [1.82, 2.24) is 0 Å². The highest BCUT2D eigenvalue weighted by atomic mass is 32.2. The zero-order valence-electron chi connectivity index (χ0n) is 11.1. The summed E-state index contributed by atoms with van der Waals surface area (Å²) in [5.41, 5.74) is 0.149. The fourth-order valence-electron chi connectivity index (χ4n) is 1.78. The fraction of sp³-hybridized carbons (Fsp3) is 0.167. The van der Waals surface area contributed by atoms with Gasteiger partial charge < -0.3 is 0 Å². The first-order valence-electron chi connectivity index (χ1n) is 5.75. The summed E-state index contributed by atoms with van der Waals surface area (Å²) in [4.78, 5) is 11.9. The molecule has 1 amide bonds. The molecule has 1 aromatic rings. The Kier molecular flexibility index (Phi) is 3.73. The number of sulfonamides is 1. The number of benzene rings is 1. The average Bonchev–Trinajstić information content (AvgIpc) is 2.65. The van der Waals surface area contributed by atoms with Crippen LogP contribution in [-0.4, -0.2) is 25.4 Å². The first kappa shape index (κ1) is 15.8. The van der Waals surface area contributed by atoms with Crippen LogP contribution in [0.1, 0.15) is 6.92 Å². The molecule has 1 aromatic carbocycles. The van der Waals surface area contributed by atoms with Gasteiger partial charge in [-0.05, 0) is 31.2 Å². The van der Waals surface area contributed by atoms with Crippen LogP contribution in [0, 0.1) is 0 Å². The number of carbonyl (C=O) groups is 1. The van der Waals surface area contributed by atoms with E-state index in [1.807, 2.05) is 9.24 Å². The van der Waals surface area contributed by atoms with E-state index in [1.165, 1.54) is 31.2 Å². The lowest BCUT2D eigenvalue weighted by molar-refractivity contribution is -0.114. The molecular weight excluding hydrogens is 316 g/mol. The molecule has 0 fully saturated rings. The van der Waals surface area contributed by atoms with Crippen LogP contribution in [0.3, 0.4) is 0 Å². The minimum absolute atomic E-state index is 0.0504. The van der Waals surface area contributed by atoms with Crippen molar-refractivity contribution >= 4 is 36.6 Å². The second kappa shape index (κ2) is 4.98. The van der Waals surface area contributed by atoms with Crippen LogP contribution in [0.25, 0.3) is 0 Å². The van der Waals surface area contributed by atoms with Gasteiger partial charge in [0.1, 0.15) is 5.71 Å². The van der Waals surface area contributed by atoms with Gasteiger partial charge in [-0.2, -0.15) is 10.1 Å². The molecule has 6 nitrogen and oxygen atoms in total. The number of nitrogens with two attached hydrogens (primary N) is 1. The summed E-state index contributed by atoms with van der Waals surface area (Å²) in [5.74, 6) is -0.570. The molecule has 0 spiro atoms. The third kappa shape index (κ3) is 3.02. The van der Waals surface area contributed by atoms with Crippen molar-refractivity contribution in [2.75, 3.05) is 5.01 Å². The van der Waals surface area contributed by atoms with E-state index in [0.29, 0.717) is 0 Å². The van der Waals surface area contributed by atoms with Crippen molar-refractivity contribution < 1.29 is 17.6 Å². The molecule has 1 aliphatic rings. The number of hydrazone groups is 1. The second-order valence-corrected chi connectivity index (χ2v) is 7.30. The summed E-state index contributed by atoms with van der Waals surface area (Å²) in [6.07, 6.45) is 0. The van der Waals surface area contributed by atoms with Crippen molar-refractivity contribution in [3.8, 4) is 0 Å². The van der Waals surface area contributed by atoms with Gasteiger partial charge in [0, 0.05) is 0 Å². The van der Waals surface area contributed by atoms with Gasteiger partial charge in [0.25, 0.3) is 5.91 Å². The van der Waals surface area contributed by atoms with E-state index >= 15 is 0 Å². The number of halogens is 1. The molecule has 0 bridgehead atoms. The number of nitrogens with zero attached hydrogens (tertiary/aromatic N) is 2. The minimum Gasteiger partial charge on any atom is -0.267 e. The largest absolute Gasteiger partial charge is 0.280 e. The van der Waals surface area contributed by atoms with E-state index in [0.717, 1.165) is 5.01 Å². The van der Waals surface area contributed by atoms with Crippen molar-refractivity contribution in [3.63, 3.8) is 0 Å². The van der Waals surface area contributed by atoms with Crippen LogP contribution in [-0.2, 0) is 14.8 Å². The van der Waals surface area contributed by atoms with Gasteiger partial charge in [-0.25, -0.2) is 17.9 Å². The number of hydrogen-bond donors (Lipinski definition) is 1. The Hall–Kier alpha value is -1.63. The predicted octanol–water partition coefficient (Wildman–Crippen LogP) is 1.15. The highest BCUT2D eigenvalue weighted by molar-refractivity contribution is 7.89. The number of amides is 1. The molecular formula is C12H13FN3O3PS. The molecule has 2 atom stereocenters. The number of carbonyl (C=O) groups excluding carboxylic acids is 1. The molecule has 0 aromatic heterocycles. The molecule has 1 heterocycles. The molecule has 112 valence electrons. The lowest BCUT2D eigenvalue weighted by Gasteiger charge is -2.12. The first-order chi connectivity index (χ1) is 9.51. The lowest BCUT2D eigenvalue weighted by atomic mass is 10.1. The zero-order valence-corrected chi connectivity index (χ0v) is 13.0. The van der Waals surface area contributed by atoms with Gasteiger partial charge in [-0.15, -0.1) is 0 Å². The van der Waals surface area contributed by atoms with E-state index in [4.69, 9.17) is 5.14 Å². The standard InChI is InChI=1S/C12H13FN3O3PS/c1-7-10(12(2,13)20)15-16(11(7)17)8-3-5-9(6-4-8)21(14,18)19/h3-6H,1,20H2,2H3,(H2,14,18,19).